The molecule has 1 aliphatic carbocycles. The molecule has 6 nitrogen and oxygen atoms in total. The van der Waals surface area contributed by atoms with Gasteiger partial charge in [-0.05, 0) is 56.0 Å². The van der Waals surface area contributed by atoms with Crippen LogP contribution >= 0.6 is 0 Å². The Bertz CT molecular complexity index is 1210. The summed E-state index contributed by atoms with van der Waals surface area (Å²) in [5.74, 6) is -0.776. The predicted molar refractivity (Wildman–Crippen MR) is 120 cm³/mol. The average molecular weight is 473 g/mol. The lowest BCUT2D eigenvalue weighted by atomic mass is 9.90. The molecule has 178 valence electrons. The number of pyridine rings is 1. The van der Waals surface area contributed by atoms with Gasteiger partial charge in [0.25, 0.3) is 5.91 Å². The zero-order valence-electron chi connectivity index (χ0n) is 18.1. The van der Waals surface area contributed by atoms with E-state index in [1.807, 2.05) is 24.4 Å². The van der Waals surface area contributed by atoms with E-state index in [9.17, 15) is 22.4 Å². The van der Waals surface area contributed by atoms with Gasteiger partial charge in [0.15, 0.2) is 0 Å². The summed E-state index contributed by atoms with van der Waals surface area (Å²) in [4.78, 5) is 16.4. The van der Waals surface area contributed by atoms with Crippen molar-refractivity contribution in [2.75, 3.05) is 5.32 Å². The summed E-state index contributed by atoms with van der Waals surface area (Å²) in [7, 11) is 0. The van der Waals surface area contributed by atoms with E-state index in [1.54, 1.807) is 5.01 Å². The number of hydrazone groups is 1. The fourth-order valence-corrected chi connectivity index (χ4v) is 4.72. The second kappa shape index (κ2) is 8.73. The van der Waals surface area contributed by atoms with Gasteiger partial charge in [0.2, 0.25) is 0 Å². The van der Waals surface area contributed by atoms with Crippen molar-refractivity contribution in [2.24, 2.45) is 5.10 Å². The number of anilines is 1. The third-order valence-electron chi connectivity index (χ3n) is 6.35. The summed E-state index contributed by atoms with van der Waals surface area (Å²) < 4.78 is 54.0. The summed E-state index contributed by atoms with van der Waals surface area (Å²) in [6, 6.07) is 4.17. The van der Waals surface area contributed by atoms with Gasteiger partial charge in [0, 0.05) is 35.8 Å². The number of aromatic nitrogens is 1. The van der Waals surface area contributed by atoms with E-state index < -0.39 is 17.7 Å². The first-order valence-corrected chi connectivity index (χ1v) is 11.2. The third-order valence-corrected chi connectivity index (χ3v) is 6.35. The number of fused-ring (bicyclic) bond motifs is 2. The molecule has 0 saturated heterocycles. The quantitative estimate of drug-likeness (QED) is 0.629. The fraction of sp³-hybridized carbons (Fsp3) is 0.375. The maximum absolute atomic E-state index is 13.8. The molecule has 1 saturated carbocycles. The summed E-state index contributed by atoms with van der Waals surface area (Å²) in [6.07, 6.45) is 6.31. The van der Waals surface area contributed by atoms with Crippen LogP contribution in [-0.4, -0.2) is 39.7 Å². The number of carbonyl (C=O) groups excluding carboxylic acids is 1. The summed E-state index contributed by atoms with van der Waals surface area (Å²) >= 11 is 0. The molecule has 1 aromatic heterocycles. The van der Waals surface area contributed by atoms with Crippen LogP contribution < -0.4 is 10.6 Å². The van der Waals surface area contributed by atoms with Crippen molar-refractivity contribution in [1.29, 1.82) is 0 Å². The molecule has 10 heteroatoms. The maximum atomic E-state index is 13.8. The van der Waals surface area contributed by atoms with Crippen LogP contribution in [0.3, 0.4) is 0 Å². The third kappa shape index (κ3) is 4.62. The van der Waals surface area contributed by atoms with Crippen molar-refractivity contribution in [2.45, 2.75) is 56.4 Å². The lowest BCUT2D eigenvalue weighted by molar-refractivity contribution is -0.140. The molecule has 2 N–H and O–H groups in total. The second-order valence-corrected chi connectivity index (χ2v) is 8.82. The van der Waals surface area contributed by atoms with Gasteiger partial charge in [0.05, 0.1) is 11.6 Å². The highest BCUT2D eigenvalue weighted by Gasteiger charge is 2.34. The van der Waals surface area contributed by atoms with E-state index in [0.717, 1.165) is 31.4 Å². The van der Waals surface area contributed by atoms with Crippen LogP contribution in [0.25, 0.3) is 10.9 Å². The number of allylic oxidation sites excluding steroid dienone is 2. The molecule has 1 aromatic carbocycles. The van der Waals surface area contributed by atoms with E-state index in [2.05, 4.69) is 20.7 Å². The highest BCUT2D eigenvalue weighted by molar-refractivity contribution is 6.39. The minimum Gasteiger partial charge on any atom is -0.382 e. The average Bonchev–Trinajstić information content (AvgIpc) is 3.23. The van der Waals surface area contributed by atoms with E-state index in [4.69, 9.17) is 0 Å². The topological polar surface area (TPSA) is 69.6 Å². The van der Waals surface area contributed by atoms with Crippen LogP contribution in [0, 0.1) is 5.82 Å². The van der Waals surface area contributed by atoms with Crippen molar-refractivity contribution in [3.63, 3.8) is 0 Å². The number of amides is 1. The molecule has 0 spiro atoms. The number of hydrogen-bond donors (Lipinski definition) is 2. The Hall–Kier alpha value is -3.43. The number of nitrogens with zero attached hydrogens (tertiary/aromatic N) is 3. The number of nitrogens with one attached hydrogen (secondary N) is 2. The molecule has 3 atom stereocenters. The first kappa shape index (κ1) is 22.4. The van der Waals surface area contributed by atoms with Crippen LogP contribution in [0.2, 0.25) is 0 Å². The number of halogens is 4. The molecule has 3 aliphatic rings. The number of carbonyl (C=O) groups is 1. The van der Waals surface area contributed by atoms with Gasteiger partial charge in [-0.25, -0.2) is 9.37 Å². The Morgan fingerprint density at radius 1 is 1.12 bits per heavy atom. The van der Waals surface area contributed by atoms with Gasteiger partial charge in [-0.2, -0.15) is 18.3 Å². The lowest BCUT2D eigenvalue weighted by Crippen LogP contribution is -2.44. The molecule has 0 bridgehead atoms. The maximum Gasteiger partial charge on any atom is 0.433 e. The number of hydrogen-bond acceptors (Lipinski definition) is 5. The molecular formula is C24H23F4N5O. The first-order chi connectivity index (χ1) is 16.3. The number of benzene rings is 1. The van der Waals surface area contributed by atoms with Crippen molar-refractivity contribution >= 4 is 28.2 Å². The smallest absolute Gasteiger partial charge is 0.382 e. The van der Waals surface area contributed by atoms with Crippen LogP contribution in [0.5, 0.6) is 0 Å². The van der Waals surface area contributed by atoms with E-state index in [0.29, 0.717) is 18.6 Å². The second-order valence-electron chi connectivity index (χ2n) is 8.82. The molecular weight excluding hydrogens is 450 g/mol. The van der Waals surface area contributed by atoms with Gasteiger partial charge in [0.1, 0.15) is 17.2 Å². The minimum atomic E-state index is -4.62. The minimum absolute atomic E-state index is 0.0507. The zero-order chi connectivity index (χ0) is 23.9. The molecule has 0 radical (unpaired) electrons. The van der Waals surface area contributed by atoms with Crippen molar-refractivity contribution < 1.29 is 22.4 Å². The monoisotopic (exact) mass is 473 g/mol. The molecule has 34 heavy (non-hydrogen) atoms. The first-order valence-electron chi connectivity index (χ1n) is 11.2. The van der Waals surface area contributed by atoms with Crippen molar-refractivity contribution in [3.05, 3.63) is 60.2 Å². The molecule has 2 aromatic rings. The van der Waals surface area contributed by atoms with Crippen LogP contribution in [-0.2, 0) is 11.0 Å². The van der Waals surface area contributed by atoms with Crippen molar-refractivity contribution in [3.8, 4) is 0 Å². The van der Waals surface area contributed by atoms with E-state index in [-0.39, 0.29) is 40.6 Å². The van der Waals surface area contributed by atoms with Gasteiger partial charge in [-0.3, -0.25) is 9.80 Å². The normalized spacial score (nSPS) is 24.2. The Kier molecular flexibility index (Phi) is 5.75. The van der Waals surface area contributed by atoms with Gasteiger partial charge in [-0.15, -0.1) is 0 Å². The molecule has 5 rings (SSSR count). The van der Waals surface area contributed by atoms with Crippen LogP contribution in [0.1, 0.15) is 37.8 Å². The summed E-state index contributed by atoms with van der Waals surface area (Å²) in [5.41, 5.74) is -0.321. The number of rotatable bonds is 4. The molecule has 1 amide bonds. The Morgan fingerprint density at radius 2 is 1.94 bits per heavy atom. The standard InChI is InChI=1S/C24H23F4N5O/c25-14-7-8-19-18(10-14)20(13-22(31-19)24(26,27)28)29-15-4-3-5-16(11-15)30-23(34)21-12-17-6-1-2-9-33(17)32-21/h1-2,6-10,13,15-17H,3-5,11-12H2,(H,29,31)(H,30,34)/t15-,16+,17?/m0/s1. The predicted octanol–water partition coefficient (Wildman–Crippen LogP) is 4.75. The lowest BCUT2D eigenvalue weighted by Gasteiger charge is -2.31. The Labute approximate surface area is 193 Å². The van der Waals surface area contributed by atoms with Crippen LogP contribution in [0.15, 0.2) is 53.8 Å². The van der Waals surface area contributed by atoms with Crippen molar-refractivity contribution in [1.82, 2.24) is 15.3 Å². The molecule has 1 fully saturated rings. The van der Waals surface area contributed by atoms with Gasteiger partial charge in [-0.1, -0.05) is 12.2 Å². The Morgan fingerprint density at radius 3 is 2.74 bits per heavy atom. The highest BCUT2D eigenvalue weighted by atomic mass is 19.4. The van der Waals surface area contributed by atoms with Gasteiger partial charge >= 0.3 is 6.18 Å². The van der Waals surface area contributed by atoms with Gasteiger partial charge < -0.3 is 10.6 Å². The summed E-state index contributed by atoms with van der Waals surface area (Å²) in [5, 5.41) is 12.6. The van der Waals surface area contributed by atoms with E-state index >= 15 is 0 Å². The molecule has 1 unspecified atom stereocenters. The number of alkyl halides is 3. The largest absolute Gasteiger partial charge is 0.433 e. The Balaban J connectivity index is 1.30. The zero-order valence-corrected chi connectivity index (χ0v) is 18.1. The van der Waals surface area contributed by atoms with E-state index in [1.165, 1.54) is 12.1 Å². The molecule has 2 aliphatic heterocycles. The molecule has 3 heterocycles. The highest BCUT2D eigenvalue weighted by Crippen LogP contribution is 2.34. The SMILES string of the molecule is O=C(N[C@@H]1CCC[C@H](Nc2cc(C(F)(F)F)nc3ccc(F)cc23)C1)C1=NN2C=CC=CC2C1. The summed E-state index contributed by atoms with van der Waals surface area (Å²) in [6.45, 7) is 0. The fourth-order valence-electron chi connectivity index (χ4n) is 4.72. The van der Waals surface area contributed by atoms with Crippen LogP contribution in [0.4, 0.5) is 23.2 Å².